The van der Waals surface area contributed by atoms with Crippen LogP contribution in [0, 0.1) is 0 Å². The predicted molar refractivity (Wildman–Crippen MR) is 110 cm³/mol. The Morgan fingerprint density at radius 1 is 1.26 bits per heavy atom. The molecule has 1 fully saturated rings. The molecule has 0 radical (unpaired) electrons. The van der Waals surface area contributed by atoms with Crippen LogP contribution in [0.3, 0.4) is 0 Å². The highest BCUT2D eigenvalue weighted by molar-refractivity contribution is 14.0. The van der Waals surface area contributed by atoms with Gasteiger partial charge in [0, 0.05) is 30.7 Å². The van der Waals surface area contributed by atoms with Crippen LogP contribution in [0.25, 0.3) is 0 Å². The minimum atomic E-state index is 0. The van der Waals surface area contributed by atoms with Crippen LogP contribution in [0.15, 0.2) is 11.2 Å². The highest BCUT2D eigenvalue weighted by Gasteiger charge is 2.09. The Hall–Kier alpha value is -0.410. The van der Waals surface area contributed by atoms with E-state index in [2.05, 4.69) is 39.4 Å². The van der Waals surface area contributed by atoms with Crippen LogP contribution in [0.5, 0.6) is 0 Å². The van der Waals surface area contributed by atoms with Crippen LogP contribution in [-0.4, -0.2) is 48.6 Å². The maximum atomic E-state index is 4.64. The number of aliphatic imine (C=N–C) groups is 1. The lowest BCUT2D eigenvalue weighted by molar-refractivity contribution is 0.232. The molecule has 0 amide bonds. The Morgan fingerprint density at radius 3 is 2.70 bits per heavy atom. The van der Waals surface area contributed by atoms with Crippen LogP contribution in [-0.2, 0) is 13.0 Å². The van der Waals surface area contributed by atoms with Gasteiger partial charge in [-0.05, 0) is 39.3 Å². The molecule has 0 atom stereocenters. The van der Waals surface area contributed by atoms with E-state index in [1.807, 2.05) is 6.20 Å². The van der Waals surface area contributed by atoms with Gasteiger partial charge in [0.2, 0.25) is 0 Å². The number of likely N-dealkylation sites (tertiary alicyclic amines) is 1. The number of hydrogen-bond acceptors (Lipinski definition) is 4. The molecule has 1 aliphatic heterocycles. The van der Waals surface area contributed by atoms with Gasteiger partial charge >= 0.3 is 0 Å². The van der Waals surface area contributed by atoms with Gasteiger partial charge in [-0.3, -0.25) is 0 Å². The summed E-state index contributed by atoms with van der Waals surface area (Å²) in [7, 11) is 0. The fraction of sp³-hybridized carbons (Fsp3) is 0.750. The summed E-state index contributed by atoms with van der Waals surface area (Å²) < 4.78 is 0. The SMILES string of the molecule is CCNC(=NCc1ncc(CC)s1)NCCN1CCCCC1.I. The fourth-order valence-electron chi connectivity index (χ4n) is 2.59. The molecule has 2 heterocycles. The molecule has 2 N–H and O–H groups in total. The molecular formula is C16H30IN5S. The summed E-state index contributed by atoms with van der Waals surface area (Å²) in [5.74, 6) is 0.896. The first-order valence-electron chi connectivity index (χ1n) is 8.50. The molecule has 7 heteroatoms. The van der Waals surface area contributed by atoms with E-state index in [1.165, 1.54) is 37.2 Å². The second-order valence-corrected chi connectivity index (χ2v) is 6.80. The van der Waals surface area contributed by atoms with Crippen LogP contribution in [0.1, 0.15) is 43.0 Å². The number of halogens is 1. The van der Waals surface area contributed by atoms with Crippen molar-refractivity contribution in [1.82, 2.24) is 20.5 Å². The topological polar surface area (TPSA) is 52.6 Å². The molecule has 0 saturated carbocycles. The third-order valence-electron chi connectivity index (χ3n) is 3.84. The minimum Gasteiger partial charge on any atom is -0.357 e. The molecule has 1 aromatic heterocycles. The van der Waals surface area contributed by atoms with Gasteiger partial charge in [0.05, 0.1) is 6.54 Å². The molecule has 0 aliphatic carbocycles. The average molecular weight is 451 g/mol. The van der Waals surface area contributed by atoms with Gasteiger partial charge in [-0.2, -0.15) is 0 Å². The lowest BCUT2D eigenvalue weighted by Crippen LogP contribution is -2.42. The zero-order chi connectivity index (χ0) is 15.6. The molecule has 0 spiro atoms. The number of hydrogen-bond donors (Lipinski definition) is 2. The zero-order valence-corrected chi connectivity index (χ0v) is 17.5. The van der Waals surface area contributed by atoms with Crippen molar-refractivity contribution in [3.05, 3.63) is 16.1 Å². The van der Waals surface area contributed by atoms with Gasteiger partial charge in [-0.1, -0.05) is 13.3 Å². The number of thiazole rings is 1. The van der Waals surface area contributed by atoms with Gasteiger partial charge in [0.15, 0.2) is 5.96 Å². The van der Waals surface area contributed by atoms with Gasteiger partial charge in [0.25, 0.3) is 0 Å². The Bertz CT molecular complexity index is 457. The molecule has 132 valence electrons. The highest BCUT2D eigenvalue weighted by atomic mass is 127. The van der Waals surface area contributed by atoms with Gasteiger partial charge in [-0.15, -0.1) is 35.3 Å². The van der Waals surface area contributed by atoms with E-state index in [0.717, 1.165) is 37.0 Å². The third-order valence-corrected chi connectivity index (χ3v) is 4.96. The summed E-state index contributed by atoms with van der Waals surface area (Å²) in [6, 6.07) is 0. The second-order valence-electron chi connectivity index (χ2n) is 5.60. The van der Waals surface area contributed by atoms with E-state index in [1.54, 1.807) is 11.3 Å². The third kappa shape index (κ3) is 7.80. The molecule has 2 rings (SSSR count). The van der Waals surface area contributed by atoms with Crippen molar-refractivity contribution in [2.75, 3.05) is 32.7 Å². The van der Waals surface area contributed by atoms with E-state index in [-0.39, 0.29) is 24.0 Å². The van der Waals surface area contributed by atoms with Crippen LogP contribution in [0.2, 0.25) is 0 Å². The highest BCUT2D eigenvalue weighted by Crippen LogP contribution is 2.13. The lowest BCUT2D eigenvalue weighted by atomic mass is 10.1. The van der Waals surface area contributed by atoms with Crippen LogP contribution < -0.4 is 10.6 Å². The van der Waals surface area contributed by atoms with Gasteiger partial charge in [0.1, 0.15) is 5.01 Å². The van der Waals surface area contributed by atoms with Crippen molar-refractivity contribution in [1.29, 1.82) is 0 Å². The first kappa shape index (κ1) is 20.6. The number of aryl methyl sites for hydroxylation is 1. The fourth-order valence-corrected chi connectivity index (χ4v) is 3.38. The molecule has 1 saturated heterocycles. The molecular weight excluding hydrogens is 421 g/mol. The maximum absolute atomic E-state index is 4.64. The number of nitrogens with one attached hydrogen (secondary N) is 2. The van der Waals surface area contributed by atoms with Gasteiger partial charge < -0.3 is 15.5 Å². The van der Waals surface area contributed by atoms with Crippen molar-refractivity contribution in [2.45, 2.75) is 46.1 Å². The summed E-state index contributed by atoms with van der Waals surface area (Å²) in [6.45, 7) is 10.3. The summed E-state index contributed by atoms with van der Waals surface area (Å²) >= 11 is 1.76. The molecule has 23 heavy (non-hydrogen) atoms. The number of guanidine groups is 1. The first-order chi connectivity index (χ1) is 10.8. The maximum Gasteiger partial charge on any atom is 0.191 e. The Balaban J connectivity index is 0.00000264. The smallest absolute Gasteiger partial charge is 0.191 e. The van der Waals surface area contributed by atoms with E-state index in [0.29, 0.717) is 6.54 Å². The van der Waals surface area contributed by atoms with E-state index < -0.39 is 0 Å². The molecule has 0 aromatic carbocycles. The van der Waals surface area contributed by atoms with E-state index in [4.69, 9.17) is 0 Å². The Kier molecular flexibility index (Phi) is 10.8. The largest absolute Gasteiger partial charge is 0.357 e. The zero-order valence-electron chi connectivity index (χ0n) is 14.3. The standard InChI is InChI=1S/C16H29N5S.HI/c1-3-14-12-19-15(22-14)13-20-16(17-4-2)18-8-11-21-9-6-5-7-10-21;/h12H,3-11,13H2,1-2H3,(H2,17,18,20);1H. The van der Waals surface area contributed by atoms with Crippen molar-refractivity contribution in [2.24, 2.45) is 4.99 Å². The summed E-state index contributed by atoms with van der Waals surface area (Å²) in [5.41, 5.74) is 0. The molecule has 1 aromatic rings. The number of rotatable bonds is 7. The number of piperidine rings is 1. The van der Waals surface area contributed by atoms with Crippen molar-refractivity contribution in [3.8, 4) is 0 Å². The number of nitrogens with zero attached hydrogens (tertiary/aromatic N) is 3. The van der Waals surface area contributed by atoms with Crippen LogP contribution in [0.4, 0.5) is 0 Å². The monoisotopic (exact) mass is 451 g/mol. The van der Waals surface area contributed by atoms with E-state index >= 15 is 0 Å². The van der Waals surface area contributed by atoms with Gasteiger partial charge in [-0.25, -0.2) is 9.98 Å². The van der Waals surface area contributed by atoms with Crippen molar-refractivity contribution >= 4 is 41.3 Å². The molecule has 0 unspecified atom stereocenters. The number of aromatic nitrogens is 1. The minimum absolute atomic E-state index is 0. The summed E-state index contributed by atoms with van der Waals surface area (Å²) in [4.78, 5) is 12.9. The summed E-state index contributed by atoms with van der Waals surface area (Å²) in [5, 5.41) is 7.83. The molecule has 5 nitrogen and oxygen atoms in total. The average Bonchev–Trinajstić information content (AvgIpc) is 3.02. The van der Waals surface area contributed by atoms with Crippen molar-refractivity contribution < 1.29 is 0 Å². The normalized spacial score (nSPS) is 16.0. The first-order valence-corrected chi connectivity index (χ1v) is 9.31. The molecule has 1 aliphatic rings. The predicted octanol–water partition coefficient (Wildman–Crippen LogP) is 2.86. The Labute approximate surface area is 161 Å². The lowest BCUT2D eigenvalue weighted by Gasteiger charge is -2.26. The molecule has 0 bridgehead atoms. The summed E-state index contributed by atoms with van der Waals surface area (Å²) in [6.07, 6.45) is 7.10. The second kappa shape index (κ2) is 12.0. The van der Waals surface area contributed by atoms with Crippen molar-refractivity contribution in [3.63, 3.8) is 0 Å². The van der Waals surface area contributed by atoms with E-state index in [9.17, 15) is 0 Å². The Morgan fingerprint density at radius 2 is 2.04 bits per heavy atom. The quantitative estimate of drug-likeness (QED) is 0.381. The van der Waals surface area contributed by atoms with Crippen LogP contribution >= 0.6 is 35.3 Å².